The lowest BCUT2D eigenvalue weighted by atomic mass is 9.91. The summed E-state index contributed by atoms with van der Waals surface area (Å²) in [5.74, 6) is 0.792. The molecule has 2 atom stereocenters. The summed E-state index contributed by atoms with van der Waals surface area (Å²) in [6.07, 6.45) is 7.70. The minimum atomic E-state index is 0.433. The Hall–Kier alpha value is -0.860. The molecule has 18 heavy (non-hydrogen) atoms. The highest BCUT2D eigenvalue weighted by atomic mass is 32.1. The van der Waals surface area contributed by atoms with Gasteiger partial charge in [0.1, 0.15) is 0 Å². The molecule has 3 rings (SSSR count). The summed E-state index contributed by atoms with van der Waals surface area (Å²) in [4.78, 5) is 0. The Labute approximate surface area is 113 Å². The Morgan fingerprint density at radius 3 is 2.94 bits per heavy atom. The lowest BCUT2D eigenvalue weighted by molar-refractivity contribution is 0.432. The fourth-order valence-corrected chi connectivity index (χ4v) is 4.17. The van der Waals surface area contributed by atoms with Crippen LogP contribution in [0, 0.1) is 5.92 Å². The summed E-state index contributed by atoms with van der Waals surface area (Å²) < 4.78 is 1.42. The first kappa shape index (κ1) is 12.2. The van der Waals surface area contributed by atoms with Crippen LogP contribution in [0.3, 0.4) is 0 Å². The summed E-state index contributed by atoms with van der Waals surface area (Å²) in [7, 11) is 0. The number of hydrogen-bond acceptors (Lipinski definition) is 2. The van der Waals surface area contributed by atoms with Gasteiger partial charge in [0.25, 0.3) is 0 Å². The van der Waals surface area contributed by atoms with Gasteiger partial charge >= 0.3 is 0 Å². The van der Waals surface area contributed by atoms with Crippen LogP contribution < -0.4 is 5.73 Å². The van der Waals surface area contributed by atoms with Gasteiger partial charge in [-0.2, -0.15) is 0 Å². The van der Waals surface area contributed by atoms with E-state index in [2.05, 4.69) is 29.6 Å². The molecule has 96 valence electrons. The van der Waals surface area contributed by atoms with Gasteiger partial charge in [-0.05, 0) is 47.6 Å². The lowest BCUT2D eigenvalue weighted by Gasteiger charge is -2.16. The third-order valence-electron chi connectivity index (χ3n) is 4.14. The molecule has 0 aliphatic heterocycles. The fourth-order valence-electron chi connectivity index (χ4n) is 3.19. The zero-order valence-electron chi connectivity index (χ0n) is 10.8. The summed E-state index contributed by atoms with van der Waals surface area (Å²) in [5, 5.41) is 3.81. The van der Waals surface area contributed by atoms with Crippen molar-refractivity contribution in [2.45, 2.75) is 44.6 Å². The van der Waals surface area contributed by atoms with E-state index >= 15 is 0 Å². The van der Waals surface area contributed by atoms with Gasteiger partial charge in [0.05, 0.1) is 0 Å². The number of hydrogen-bond donors (Lipinski definition) is 1. The molecule has 1 saturated carbocycles. The molecule has 2 aromatic rings. The molecule has 2 heteroatoms. The van der Waals surface area contributed by atoms with E-state index in [1.54, 1.807) is 0 Å². The number of fused-ring (bicyclic) bond motifs is 1. The van der Waals surface area contributed by atoms with Gasteiger partial charge in [-0.25, -0.2) is 0 Å². The average Bonchev–Trinajstić information content (AvgIpc) is 2.66. The molecule has 2 unspecified atom stereocenters. The lowest BCUT2D eigenvalue weighted by Crippen LogP contribution is -2.22. The molecule has 0 radical (unpaired) electrons. The molecule has 2 N–H and O–H groups in total. The van der Waals surface area contributed by atoms with Crippen molar-refractivity contribution in [3.05, 3.63) is 35.2 Å². The summed E-state index contributed by atoms with van der Waals surface area (Å²) >= 11 is 1.88. The molecular weight excluding hydrogens is 238 g/mol. The van der Waals surface area contributed by atoms with E-state index in [0.717, 1.165) is 5.92 Å². The van der Waals surface area contributed by atoms with E-state index in [1.165, 1.54) is 54.2 Å². The Kier molecular flexibility index (Phi) is 3.67. The predicted octanol–water partition coefficient (Wildman–Crippen LogP) is 4.35. The van der Waals surface area contributed by atoms with Gasteiger partial charge in [0.15, 0.2) is 0 Å². The second kappa shape index (κ2) is 5.41. The summed E-state index contributed by atoms with van der Waals surface area (Å²) in [5.41, 5.74) is 7.71. The average molecular weight is 259 g/mol. The van der Waals surface area contributed by atoms with Crippen LogP contribution in [0.2, 0.25) is 0 Å². The van der Waals surface area contributed by atoms with E-state index in [-0.39, 0.29) is 0 Å². The molecule has 1 aliphatic carbocycles. The Morgan fingerprint density at radius 2 is 2.00 bits per heavy atom. The van der Waals surface area contributed by atoms with Gasteiger partial charge in [-0.15, -0.1) is 11.3 Å². The third-order valence-corrected chi connectivity index (χ3v) is 5.16. The number of thiophene rings is 1. The maximum atomic E-state index is 6.17. The molecular formula is C16H21NS. The SMILES string of the molecule is NC1CCCCC(Cc2csc3ccccc23)C1. The van der Waals surface area contributed by atoms with E-state index < -0.39 is 0 Å². The van der Waals surface area contributed by atoms with E-state index in [9.17, 15) is 0 Å². The summed E-state index contributed by atoms with van der Waals surface area (Å²) in [6, 6.07) is 9.20. The van der Waals surface area contributed by atoms with Gasteiger partial charge in [0.2, 0.25) is 0 Å². The van der Waals surface area contributed by atoms with Crippen molar-refractivity contribution in [3.8, 4) is 0 Å². The maximum Gasteiger partial charge on any atom is 0.0345 e. The van der Waals surface area contributed by atoms with Gasteiger partial charge in [0, 0.05) is 10.7 Å². The number of benzene rings is 1. The highest BCUT2D eigenvalue weighted by Crippen LogP contribution is 2.31. The van der Waals surface area contributed by atoms with Crippen LogP contribution >= 0.6 is 11.3 Å². The Bertz CT molecular complexity index is 517. The van der Waals surface area contributed by atoms with Crippen molar-refractivity contribution in [1.82, 2.24) is 0 Å². The monoisotopic (exact) mass is 259 g/mol. The second-order valence-electron chi connectivity index (χ2n) is 5.61. The van der Waals surface area contributed by atoms with Crippen molar-refractivity contribution in [2.24, 2.45) is 11.7 Å². The van der Waals surface area contributed by atoms with Gasteiger partial charge < -0.3 is 5.73 Å². The molecule has 1 aromatic carbocycles. The van der Waals surface area contributed by atoms with Crippen molar-refractivity contribution in [3.63, 3.8) is 0 Å². The van der Waals surface area contributed by atoms with E-state index in [0.29, 0.717) is 6.04 Å². The van der Waals surface area contributed by atoms with Crippen LogP contribution in [0.25, 0.3) is 10.1 Å². The van der Waals surface area contributed by atoms with Crippen LogP contribution in [-0.2, 0) is 6.42 Å². The topological polar surface area (TPSA) is 26.0 Å². The Morgan fingerprint density at radius 1 is 1.17 bits per heavy atom. The van der Waals surface area contributed by atoms with Crippen molar-refractivity contribution >= 4 is 21.4 Å². The highest BCUT2D eigenvalue weighted by molar-refractivity contribution is 7.17. The first-order chi connectivity index (χ1) is 8.83. The molecule has 0 spiro atoms. The standard InChI is InChI=1S/C16H21NS/c17-14-6-2-1-5-12(10-14)9-13-11-18-16-8-4-3-7-15(13)16/h3-4,7-8,11-12,14H,1-2,5-6,9-10,17H2. The molecule has 0 saturated heterocycles. The molecule has 1 heterocycles. The molecule has 1 fully saturated rings. The third kappa shape index (κ3) is 2.60. The quantitative estimate of drug-likeness (QED) is 0.797. The molecule has 0 amide bonds. The Balaban J connectivity index is 1.79. The molecule has 1 aliphatic rings. The summed E-state index contributed by atoms with van der Waals surface area (Å²) in [6.45, 7) is 0. The predicted molar refractivity (Wildman–Crippen MR) is 80.1 cm³/mol. The second-order valence-corrected chi connectivity index (χ2v) is 6.52. The first-order valence-electron chi connectivity index (χ1n) is 7.03. The van der Waals surface area contributed by atoms with E-state index in [4.69, 9.17) is 5.73 Å². The van der Waals surface area contributed by atoms with Crippen molar-refractivity contribution in [2.75, 3.05) is 0 Å². The number of nitrogens with two attached hydrogens (primary N) is 1. The number of rotatable bonds is 2. The van der Waals surface area contributed by atoms with Crippen LogP contribution in [0.1, 0.15) is 37.7 Å². The fraction of sp³-hybridized carbons (Fsp3) is 0.500. The van der Waals surface area contributed by atoms with Crippen molar-refractivity contribution < 1.29 is 0 Å². The first-order valence-corrected chi connectivity index (χ1v) is 7.91. The van der Waals surface area contributed by atoms with Crippen LogP contribution in [0.5, 0.6) is 0 Å². The van der Waals surface area contributed by atoms with E-state index in [1.807, 2.05) is 11.3 Å². The van der Waals surface area contributed by atoms with Gasteiger partial charge in [-0.3, -0.25) is 0 Å². The zero-order chi connectivity index (χ0) is 12.4. The largest absolute Gasteiger partial charge is 0.328 e. The molecule has 0 bridgehead atoms. The van der Waals surface area contributed by atoms with Crippen molar-refractivity contribution in [1.29, 1.82) is 0 Å². The minimum absolute atomic E-state index is 0.433. The molecule has 1 aromatic heterocycles. The van der Waals surface area contributed by atoms with Crippen LogP contribution in [0.15, 0.2) is 29.6 Å². The highest BCUT2D eigenvalue weighted by Gasteiger charge is 2.19. The molecule has 1 nitrogen and oxygen atoms in total. The maximum absolute atomic E-state index is 6.17. The smallest absolute Gasteiger partial charge is 0.0345 e. The normalized spacial score (nSPS) is 25.2. The van der Waals surface area contributed by atoms with Crippen LogP contribution in [-0.4, -0.2) is 6.04 Å². The van der Waals surface area contributed by atoms with Crippen LogP contribution in [0.4, 0.5) is 0 Å². The van der Waals surface area contributed by atoms with Gasteiger partial charge in [-0.1, -0.05) is 37.5 Å². The minimum Gasteiger partial charge on any atom is -0.328 e. The zero-order valence-corrected chi connectivity index (χ0v) is 11.6.